The molecule has 106 valence electrons. The number of carbonyl (C=O) groups is 1. The van der Waals surface area contributed by atoms with Crippen LogP contribution in [0.4, 0.5) is 0 Å². The summed E-state index contributed by atoms with van der Waals surface area (Å²) >= 11 is 1.53. The Balaban J connectivity index is 1.90. The van der Waals surface area contributed by atoms with Crippen molar-refractivity contribution in [1.82, 2.24) is 4.98 Å². The van der Waals surface area contributed by atoms with E-state index in [1.165, 1.54) is 11.3 Å². The third kappa shape index (κ3) is 4.06. The summed E-state index contributed by atoms with van der Waals surface area (Å²) in [5.41, 5.74) is 1.63. The smallest absolute Gasteiger partial charge is 0.312 e. The maximum absolute atomic E-state index is 11.8. The largest absolute Gasteiger partial charge is 0.493 e. The molecule has 0 spiro atoms. The second-order valence-electron chi connectivity index (χ2n) is 4.24. The van der Waals surface area contributed by atoms with Gasteiger partial charge < -0.3 is 9.47 Å². The minimum Gasteiger partial charge on any atom is -0.493 e. The maximum Gasteiger partial charge on any atom is 0.312 e. The molecule has 0 aliphatic rings. The Labute approximate surface area is 122 Å². The van der Waals surface area contributed by atoms with Crippen LogP contribution < -0.4 is 4.74 Å². The maximum atomic E-state index is 11.8. The normalized spacial score (nSPS) is 10.3. The van der Waals surface area contributed by atoms with Gasteiger partial charge in [-0.15, -0.1) is 11.3 Å². The lowest BCUT2D eigenvalue weighted by Crippen LogP contribution is -2.09. The monoisotopic (exact) mass is 291 g/mol. The van der Waals surface area contributed by atoms with E-state index in [1.807, 2.05) is 43.5 Å². The first kappa shape index (κ1) is 14.5. The third-order valence-corrected chi connectivity index (χ3v) is 3.48. The Morgan fingerprint density at radius 1 is 1.35 bits per heavy atom. The molecule has 0 aliphatic heterocycles. The fourth-order valence-corrected chi connectivity index (χ4v) is 2.38. The fraction of sp³-hybridized carbons (Fsp3) is 0.333. The van der Waals surface area contributed by atoms with E-state index in [1.54, 1.807) is 0 Å². The first-order valence-corrected chi connectivity index (χ1v) is 7.34. The van der Waals surface area contributed by atoms with Crippen LogP contribution >= 0.6 is 11.3 Å². The molecule has 1 aromatic carbocycles. The fourth-order valence-electron chi connectivity index (χ4n) is 1.77. The van der Waals surface area contributed by atoms with Gasteiger partial charge in [-0.25, -0.2) is 4.98 Å². The number of esters is 1. The van der Waals surface area contributed by atoms with Crippen molar-refractivity contribution in [3.63, 3.8) is 0 Å². The summed E-state index contributed by atoms with van der Waals surface area (Å²) in [5, 5.41) is 2.83. The number of carbonyl (C=O) groups excluding carboxylic acids is 1. The molecule has 20 heavy (non-hydrogen) atoms. The van der Waals surface area contributed by atoms with E-state index in [4.69, 9.17) is 9.47 Å². The molecule has 0 saturated heterocycles. The summed E-state index contributed by atoms with van der Waals surface area (Å²) in [4.78, 5) is 16.0. The Hall–Kier alpha value is -1.88. The van der Waals surface area contributed by atoms with Crippen LogP contribution in [0, 0.1) is 6.92 Å². The van der Waals surface area contributed by atoms with Gasteiger partial charge in [0.05, 0.1) is 23.7 Å². The Morgan fingerprint density at radius 2 is 2.15 bits per heavy atom. The predicted molar refractivity (Wildman–Crippen MR) is 78.0 cm³/mol. The van der Waals surface area contributed by atoms with Gasteiger partial charge in [0, 0.05) is 10.9 Å². The molecule has 4 nitrogen and oxygen atoms in total. The lowest BCUT2D eigenvalue weighted by atomic mass is 10.2. The summed E-state index contributed by atoms with van der Waals surface area (Å²) in [6, 6.07) is 7.56. The van der Waals surface area contributed by atoms with E-state index in [2.05, 4.69) is 4.98 Å². The second-order valence-corrected chi connectivity index (χ2v) is 5.30. The van der Waals surface area contributed by atoms with Gasteiger partial charge in [0.1, 0.15) is 12.4 Å². The highest BCUT2D eigenvalue weighted by Gasteiger charge is 2.10. The highest BCUT2D eigenvalue weighted by Crippen LogP contribution is 2.19. The standard InChI is InChI=1S/C15H17NO3S/c1-3-18-14-7-5-4-6-12(14)9-19-15(17)8-13-10-20-11(2)16-13/h4-7,10H,3,8-9H2,1-2H3. The van der Waals surface area contributed by atoms with E-state index < -0.39 is 0 Å². The molecule has 0 fully saturated rings. The molecule has 0 atom stereocenters. The molecule has 0 aliphatic carbocycles. The van der Waals surface area contributed by atoms with Gasteiger partial charge in [-0.2, -0.15) is 0 Å². The number of thiazole rings is 1. The Bertz CT molecular complexity index is 580. The van der Waals surface area contributed by atoms with Crippen LogP contribution in [0.15, 0.2) is 29.6 Å². The van der Waals surface area contributed by atoms with E-state index in [0.717, 1.165) is 22.0 Å². The molecule has 0 amide bonds. The summed E-state index contributed by atoms with van der Waals surface area (Å²) in [5.74, 6) is 0.480. The molecule has 1 aromatic heterocycles. The molecular formula is C15H17NO3S. The van der Waals surface area contributed by atoms with Gasteiger partial charge in [0.2, 0.25) is 0 Å². The average molecular weight is 291 g/mol. The van der Waals surface area contributed by atoms with Crippen molar-refractivity contribution in [3.8, 4) is 5.75 Å². The van der Waals surface area contributed by atoms with Crippen LogP contribution in [-0.4, -0.2) is 17.6 Å². The van der Waals surface area contributed by atoms with Crippen LogP contribution in [0.2, 0.25) is 0 Å². The molecule has 0 radical (unpaired) electrons. The van der Waals surface area contributed by atoms with E-state index in [-0.39, 0.29) is 19.0 Å². The van der Waals surface area contributed by atoms with Crippen molar-refractivity contribution < 1.29 is 14.3 Å². The average Bonchev–Trinajstić information content (AvgIpc) is 2.83. The summed E-state index contributed by atoms with van der Waals surface area (Å²) in [6.45, 7) is 4.65. The van der Waals surface area contributed by atoms with Crippen molar-refractivity contribution in [2.24, 2.45) is 0 Å². The topological polar surface area (TPSA) is 48.4 Å². The van der Waals surface area contributed by atoms with Crippen LogP contribution in [-0.2, 0) is 22.6 Å². The van der Waals surface area contributed by atoms with Gasteiger partial charge in [0.25, 0.3) is 0 Å². The minimum atomic E-state index is -0.276. The highest BCUT2D eigenvalue weighted by molar-refractivity contribution is 7.09. The van der Waals surface area contributed by atoms with Crippen molar-refractivity contribution >= 4 is 17.3 Å². The van der Waals surface area contributed by atoms with Crippen LogP contribution in [0.3, 0.4) is 0 Å². The number of para-hydroxylation sites is 1. The first-order valence-electron chi connectivity index (χ1n) is 6.46. The lowest BCUT2D eigenvalue weighted by Gasteiger charge is -2.10. The summed E-state index contributed by atoms with van der Waals surface area (Å²) in [7, 11) is 0. The molecule has 0 bridgehead atoms. The van der Waals surface area contributed by atoms with Gasteiger partial charge in [-0.05, 0) is 19.9 Å². The zero-order chi connectivity index (χ0) is 14.4. The first-order chi connectivity index (χ1) is 9.69. The predicted octanol–water partition coefficient (Wildman–Crippen LogP) is 3.14. The van der Waals surface area contributed by atoms with Crippen molar-refractivity contribution in [3.05, 3.63) is 45.9 Å². The van der Waals surface area contributed by atoms with Gasteiger partial charge in [-0.3, -0.25) is 4.79 Å². The SMILES string of the molecule is CCOc1ccccc1COC(=O)Cc1csc(C)n1. The number of hydrogen-bond acceptors (Lipinski definition) is 5. The molecule has 1 heterocycles. The molecule has 0 unspecified atom stereocenters. The quantitative estimate of drug-likeness (QED) is 0.767. The number of hydrogen-bond donors (Lipinski definition) is 0. The highest BCUT2D eigenvalue weighted by atomic mass is 32.1. The number of nitrogens with zero attached hydrogens (tertiary/aromatic N) is 1. The number of ether oxygens (including phenoxy) is 2. The van der Waals surface area contributed by atoms with Crippen molar-refractivity contribution in [2.45, 2.75) is 26.9 Å². The van der Waals surface area contributed by atoms with Crippen LogP contribution in [0.1, 0.15) is 23.2 Å². The van der Waals surface area contributed by atoms with E-state index in [9.17, 15) is 4.79 Å². The third-order valence-electron chi connectivity index (χ3n) is 2.65. The van der Waals surface area contributed by atoms with Gasteiger partial charge in [0.15, 0.2) is 0 Å². The minimum absolute atomic E-state index is 0.209. The molecule has 5 heteroatoms. The number of rotatable bonds is 6. The second kappa shape index (κ2) is 7.05. The lowest BCUT2D eigenvalue weighted by molar-refractivity contribution is -0.144. The zero-order valence-electron chi connectivity index (χ0n) is 11.6. The zero-order valence-corrected chi connectivity index (χ0v) is 12.4. The number of aromatic nitrogens is 1. The Kier molecular flexibility index (Phi) is 5.12. The Morgan fingerprint density at radius 3 is 2.85 bits per heavy atom. The number of benzene rings is 1. The van der Waals surface area contributed by atoms with Crippen molar-refractivity contribution in [2.75, 3.05) is 6.61 Å². The molecule has 0 saturated carbocycles. The molecule has 2 aromatic rings. The summed E-state index contributed by atoms with van der Waals surface area (Å²) in [6.07, 6.45) is 0.209. The molecular weight excluding hydrogens is 274 g/mol. The number of aryl methyl sites for hydroxylation is 1. The van der Waals surface area contributed by atoms with E-state index >= 15 is 0 Å². The molecule has 0 N–H and O–H groups in total. The van der Waals surface area contributed by atoms with Crippen LogP contribution in [0.5, 0.6) is 5.75 Å². The molecule has 2 rings (SSSR count). The van der Waals surface area contributed by atoms with Crippen LogP contribution in [0.25, 0.3) is 0 Å². The summed E-state index contributed by atoms with van der Waals surface area (Å²) < 4.78 is 10.8. The van der Waals surface area contributed by atoms with Crippen molar-refractivity contribution in [1.29, 1.82) is 0 Å². The van der Waals surface area contributed by atoms with Gasteiger partial charge in [-0.1, -0.05) is 18.2 Å². The van der Waals surface area contributed by atoms with E-state index in [0.29, 0.717) is 6.61 Å². The van der Waals surface area contributed by atoms with Gasteiger partial charge >= 0.3 is 5.97 Å².